The molecule has 0 saturated heterocycles. The molecule has 31 heavy (non-hydrogen) atoms. The second kappa shape index (κ2) is 10.9. The Bertz CT molecular complexity index is 1100. The van der Waals surface area contributed by atoms with Gasteiger partial charge in [-0.3, -0.25) is 0 Å². The lowest BCUT2D eigenvalue weighted by Crippen LogP contribution is -2.01. The summed E-state index contributed by atoms with van der Waals surface area (Å²) < 4.78 is 17.8. The number of hydrogen-bond donors (Lipinski definition) is 0. The van der Waals surface area contributed by atoms with Crippen molar-refractivity contribution in [2.75, 3.05) is 13.7 Å². The molecule has 0 N–H and O–H groups in total. The third-order valence-corrected chi connectivity index (χ3v) is 5.30. The summed E-state index contributed by atoms with van der Waals surface area (Å²) in [6.45, 7) is 2.78. The first-order valence-electron chi connectivity index (χ1n) is 9.63. The number of methoxy groups -OCH3 is 1. The molecule has 0 heterocycles. The third kappa shape index (κ3) is 6.04. The molecule has 0 unspecified atom stereocenters. The minimum absolute atomic E-state index is 0.375. The summed E-state index contributed by atoms with van der Waals surface area (Å²) in [6.07, 6.45) is 1.82. The van der Waals surface area contributed by atoms with Gasteiger partial charge in [0.2, 0.25) is 0 Å². The fourth-order valence-corrected chi connectivity index (χ4v) is 3.63. The lowest BCUT2D eigenvalue weighted by Gasteiger charge is -2.15. The molecule has 0 amide bonds. The number of benzene rings is 3. The smallest absolute Gasteiger partial charge is 0.175 e. The average molecular weight is 499 g/mol. The van der Waals surface area contributed by atoms with E-state index >= 15 is 0 Å². The Labute approximate surface area is 195 Å². The average Bonchev–Trinajstić information content (AvgIpc) is 2.78. The van der Waals surface area contributed by atoms with Gasteiger partial charge in [0.25, 0.3) is 0 Å². The highest BCUT2D eigenvalue weighted by molar-refractivity contribution is 9.10. The summed E-state index contributed by atoms with van der Waals surface area (Å²) >= 11 is 9.53. The van der Waals surface area contributed by atoms with Crippen LogP contribution in [0.4, 0.5) is 0 Å². The molecule has 0 radical (unpaired) electrons. The van der Waals surface area contributed by atoms with Crippen LogP contribution >= 0.6 is 27.5 Å². The van der Waals surface area contributed by atoms with Crippen LogP contribution in [0.5, 0.6) is 17.2 Å². The monoisotopic (exact) mass is 497 g/mol. The van der Waals surface area contributed by atoms with E-state index in [9.17, 15) is 5.26 Å². The number of ether oxygens (including phenoxy) is 3. The van der Waals surface area contributed by atoms with Crippen molar-refractivity contribution in [1.82, 2.24) is 0 Å². The molecule has 0 saturated carbocycles. The predicted molar refractivity (Wildman–Crippen MR) is 128 cm³/mol. The summed E-state index contributed by atoms with van der Waals surface area (Å²) in [6, 6.07) is 20.9. The van der Waals surface area contributed by atoms with Gasteiger partial charge in [-0.15, -0.1) is 0 Å². The lowest BCUT2D eigenvalue weighted by molar-refractivity contribution is 0.267. The van der Waals surface area contributed by atoms with Gasteiger partial charge in [0.05, 0.1) is 29.8 Å². The highest BCUT2D eigenvalue weighted by Gasteiger charge is 2.13. The normalized spacial score (nSPS) is 11.0. The van der Waals surface area contributed by atoms with Gasteiger partial charge in [-0.1, -0.05) is 23.7 Å². The molecule has 158 valence electrons. The van der Waals surface area contributed by atoms with Crippen molar-refractivity contribution in [2.45, 2.75) is 13.5 Å². The van der Waals surface area contributed by atoms with Crippen LogP contribution < -0.4 is 14.2 Å². The Kier molecular flexibility index (Phi) is 8.00. The quantitative estimate of drug-likeness (QED) is 0.244. The largest absolute Gasteiger partial charge is 0.497 e. The minimum Gasteiger partial charge on any atom is -0.497 e. The second-order valence-corrected chi connectivity index (χ2v) is 7.87. The maximum absolute atomic E-state index is 9.67. The third-order valence-electron chi connectivity index (χ3n) is 4.46. The van der Waals surface area contributed by atoms with Crippen LogP contribution in [0.15, 0.2) is 65.1 Å². The van der Waals surface area contributed by atoms with Crippen LogP contribution in [-0.2, 0) is 6.61 Å². The zero-order valence-electron chi connectivity index (χ0n) is 17.2. The molecule has 0 spiro atoms. The standard InChI is InChI=1S/C25H21BrClNO3/c1-3-30-24-14-18(12-20(15-28)19-6-10-22(29-2)11-7-19)13-23(26)25(24)31-16-17-4-8-21(27)9-5-17/h4-14H,3,16H2,1-2H3/b20-12+. The first kappa shape index (κ1) is 22.7. The van der Waals surface area contributed by atoms with E-state index in [2.05, 4.69) is 22.0 Å². The molecule has 0 aliphatic carbocycles. The maximum atomic E-state index is 9.67. The minimum atomic E-state index is 0.375. The highest BCUT2D eigenvalue weighted by atomic mass is 79.9. The van der Waals surface area contributed by atoms with Crippen molar-refractivity contribution in [3.05, 3.63) is 86.8 Å². The topological polar surface area (TPSA) is 51.5 Å². The summed E-state index contributed by atoms with van der Waals surface area (Å²) in [5.74, 6) is 1.95. The number of halogens is 2. The summed E-state index contributed by atoms with van der Waals surface area (Å²) in [4.78, 5) is 0. The SMILES string of the molecule is CCOc1cc(/C=C(\C#N)c2ccc(OC)cc2)cc(Br)c1OCc1ccc(Cl)cc1. The number of nitriles is 1. The van der Waals surface area contributed by atoms with Crippen LogP contribution in [0.1, 0.15) is 23.6 Å². The van der Waals surface area contributed by atoms with E-state index in [0.29, 0.717) is 35.3 Å². The van der Waals surface area contributed by atoms with E-state index in [1.807, 2.05) is 73.7 Å². The van der Waals surface area contributed by atoms with Crippen molar-refractivity contribution in [3.8, 4) is 23.3 Å². The van der Waals surface area contributed by atoms with E-state index in [0.717, 1.165) is 26.9 Å². The Balaban J connectivity index is 1.89. The van der Waals surface area contributed by atoms with Crippen LogP contribution in [0.25, 0.3) is 11.6 Å². The van der Waals surface area contributed by atoms with Gasteiger partial charge in [0.15, 0.2) is 11.5 Å². The molecule has 0 atom stereocenters. The first-order valence-corrected chi connectivity index (χ1v) is 10.8. The van der Waals surface area contributed by atoms with Gasteiger partial charge >= 0.3 is 0 Å². The lowest BCUT2D eigenvalue weighted by atomic mass is 10.0. The summed E-state index contributed by atoms with van der Waals surface area (Å²) in [5, 5.41) is 10.3. The first-order chi connectivity index (χ1) is 15.0. The molecule has 0 aliphatic heterocycles. The fourth-order valence-electron chi connectivity index (χ4n) is 2.93. The van der Waals surface area contributed by atoms with E-state index in [1.54, 1.807) is 7.11 Å². The van der Waals surface area contributed by atoms with Crippen molar-refractivity contribution in [2.24, 2.45) is 0 Å². The van der Waals surface area contributed by atoms with E-state index < -0.39 is 0 Å². The summed E-state index contributed by atoms with van der Waals surface area (Å²) in [7, 11) is 1.61. The molecule has 3 rings (SSSR count). The Morgan fingerprint density at radius 1 is 1.06 bits per heavy atom. The molecular formula is C25H21BrClNO3. The van der Waals surface area contributed by atoms with Crippen LogP contribution in [0, 0.1) is 11.3 Å². The Morgan fingerprint density at radius 2 is 1.77 bits per heavy atom. The van der Waals surface area contributed by atoms with E-state index in [1.165, 1.54) is 0 Å². The Morgan fingerprint density at radius 3 is 2.39 bits per heavy atom. The number of hydrogen-bond acceptors (Lipinski definition) is 4. The second-order valence-electron chi connectivity index (χ2n) is 6.58. The predicted octanol–water partition coefficient (Wildman–Crippen LogP) is 7.15. The van der Waals surface area contributed by atoms with Crippen molar-refractivity contribution >= 4 is 39.2 Å². The Hall–Kier alpha value is -2.94. The van der Waals surface area contributed by atoms with Gasteiger partial charge in [-0.25, -0.2) is 0 Å². The van der Waals surface area contributed by atoms with E-state index in [4.69, 9.17) is 25.8 Å². The molecule has 3 aromatic rings. The molecular weight excluding hydrogens is 478 g/mol. The van der Waals surface area contributed by atoms with Gasteiger partial charge in [-0.2, -0.15) is 5.26 Å². The summed E-state index contributed by atoms with van der Waals surface area (Å²) in [5.41, 5.74) is 3.16. The highest BCUT2D eigenvalue weighted by Crippen LogP contribution is 2.38. The molecule has 0 fully saturated rings. The maximum Gasteiger partial charge on any atom is 0.175 e. The molecule has 4 nitrogen and oxygen atoms in total. The number of nitrogens with zero attached hydrogens (tertiary/aromatic N) is 1. The van der Waals surface area contributed by atoms with E-state index in [-0.39, 0.29) is 0 Å². The van der Waals surface area contributed by atoms with Crippen LogP contribution in [0.2, 0.25) is 5.02 Å². The molecule has 6 heteroatoms. The van der Waals surface area contributed by atoms with Crippen molar-refractivity contribution < 1.29 is 14.2 Å². The zero-order valence-corrected chi connectivity index (χ0v) is 19.5. The van der Waals surface area contributed by atoms with Crippen LogP contribution in [0.3, 0.4) is 0 Å². The fraction of sp³-hybridized carbons (Fsp3) is 0.160. The number of allylic oxidation sites excluding steroid dienone is 1. The van der Waals surface area contributed by atoms with Gasteiger partial charge in [0.1, 0.15) is 12.4 Å². The molecule has 3 aromatic carbocycles. The molecule has 0 aliphatic rings. The zero-order chi connectivity index (χ0) is 22.2. The van der Waals surface area contributed by atoms with Gasteiger partial charge < -0.3 is 14.2 Å². The van der Waals surface area contributed by atoms with Crippen molar-refractivity contribution in [3.63, 3.8) is 0 Å². The van der Waals surface area contributed by atoms with Gasteiger partial charge in [0, 0.05) is 5.02 Å². The molecule has 0 aromatic heterocycles. The van der Waals surface area contributed by atoms with Gasteiger partial charge in [-0.05, 0) is 94.2 Å². The van der Waals surface area contributed by atoms with Crippen molar-refractivity contribution in [1.29, 1.82) is 5.26 Å². The number of rotatable bonds is 8. The molecule has 0 bridgehead atoms. The van der Waals surface area contributed by atoms with Crippen LogP contribution in [-0.4, -0.2) is 13.7 Å².